The third kappa shape index (κ3) is 6.14. The predicted molar refractivity (Wildman–Crippen MR) is 140 cm³/mol. The Balaban J connectivity index is 2.06. The minimum absolute atomic E-state index is 0.0421. The molecule has 1 fully saturated rings. The number of nitrogens with one attached hydrogen (secondary N) is 1. The molecule has 0 aliphatic carbocycles. The Bertz CT molecular complexity index is 1100. The third-order valence-corrected chi connectivity index (χ3v) is 10.7. The molecule has 1 N–H and O–H groups in total. The zero-order valence-electron chi connectivity index (χ0n) is 21.6. The van der Waals surface area contributed by atoms with Crippen LogP contribution in [0.2, 0.25) is 0 Å². The SMILES string of the molecule is Cc1ccc(S(=O)(=O)N2CCN(S(=O)(=O)c3ccc(C)cc3)[C@@H](C(C)C)CNC[C@@H]2C(C)C)cc1. The quantitative estimate of drug-likeness (QED) is 0.627. The van der Waals surface area contributed by atoms with Crippen molar-refractivity contribution >= 4 is 20.0 Å². The second kappa shape index (κ2) is 11.1. The van der Waals surface area contributed by atoms with Gasteiger partial charge in [0, 0.05) is 38.3 Å². The average molecular weight is 522 g/mol. The van der Waals surface area contributed by atoms with Gasteiger partial charge >= 0.3 is 0 Å². The van der Waals surface area contributed by atoms with Gasteiger partial charge in [-0.05, 0) is 49.9 Å². The van der Waals surface area contributed by atoms with Crippen LogP contribution in [-0.4, -0.2) is 63.7 Å². The number of benzene rings is 2. The van der Waals surface area contributed by atoms with Crippen molar-refractivity contribution in [1.82, 2.24) is 13.9 Å². The van der Waals surface area contributed by atoms with Crippen LogP contribution in [0.1, 0.15) is 38.8 Å². The van der Waals surface area contributed by atoms with Crippen molar-refractivity contribution in [2.24, 2.45) is 11.8 Å². The zero-order chi connectivity index (χ0) is 26.0. The van der Waals surface area contributed by atoms with Crippen LogP contribution < -0.4 is 5.32 Å². The third-order valence-electron chi connectivity index (χ3n) is 6.78. The summed E-state index contributed by atoms with van der Waals surface area (Å²) in [6.07, 6.45) is 0. The Kier molecular flexibility index (Phi) is 8.81. The first kappa shape index (κ1) is 27.8. The van der Waals surface area contributed by atoms with Gasteiger partial charge in [-0.3, -0.25) is 0 Å². The molecule has 0 unspecified atom stereocenters. The van der Waals surface area contributed by atoms with Crippen LogP contribution in [0.4, 0.5) is 0 Å². The van der Waals surface area contributed by atoms with E-state index in [1.807, 2.05) is 41.5 Å². The molecule has 0 saturated carbocycles. The van der Waals surface area contributed by atoms with E-state index in [0.717, 1.165) is 11.1 Å². The van der Waals surface area contributed by atoms with Gasteiger partial charge in [0.2, 0.25) is 20.0 Å². The number of hydrogen-bond donors (Lipinski definition) is 1. The number of sulfonamides is 2. The van der Waals surface area contributed by atoms with Gasteiger partial charge in [0.1, 0.15) is 0 Å². The minimum atomic E-state index is -3.83. The summed E-state index contributed by atoms with van der Waals surface area (Å²) in [6.45, 7) is 12.9. The van der Waals surface area contributed by atoms with Crippen molar-refractivity contribution < 1.29 is 16.8 Å². The summed E-state index contributed by atoms with van der Waals surface area (Å²) in [5, 5.41) is 3.40. The highest BCUT2D eigenvalue weighted by Crippen LogP contribution is 2.27. The number of nitrogens with zero attached hydrogens (tertiary/aromatic N) is 2. The van der Waals surface area contributed by atoms with Gasteiger partial charge in [-0.1, -0.05) is 63.1 Å². The molecule has 7 nitrogen and oxygen atoms in total. The molecule has 194 valence electrons. The normalized spacial score (nSPS) is 21.6. The van der Waals surface area contributed by atoms with Crippen LogP contribution in [0.5, 0.6) is 0 Å². The van der Waals surface area contributed by atoms with Crippen LogP contribution >= 0.6 is 0 Å². The predicted octanol–water partition coefficient (Wildman–Crippen LogP) is 3.64. The fourth-order valence-electron chi connectivity index (χ4n) is 4.54. The molecule has 35 heavy (non-hydrogen) atoms. The van der Waals surface area contributed by atoms with Crippen LogP contribution in [0.3, 0.4) is 0 Å². The lowest BCUT2D eigenvalue weighted by molar-refractivity contribution is 0.232. The van der Waals surface area contributed by atoms with E-state index < -0.39 is 20.0 Å². The van der Waals surface area contributed by atoms with Gasteiger partial charge in [-0.2, -0.15) is 8.61 Å². The van der Waals surface area contributed by atoms with Crippen molar-refractivity contribution in [3.05, 3.63) is 59.7 Å². The molecule has 1 aliphatic heterocycles. The van der Waals surface area contributed by atoms with E-state index in [9.17, 15) is 16.8 Å². The average Bonchev–Trinajstić information content (AvgIpc) is 2.89. The molecule has 0 radical (unpaired) electrons. The molecular weight excluding hydrogens is 482 g/mol. The molecule has 1 aliphatic rings. The lowest BCUT2D eigenvalue weighted by Crippen LogP contribution is -2.50. The highest BCUT2D eigenvalue weighted by atomic mass is 32.2. The standard InChI is InChI=1S/C26H39N3O4S2/c1-19(2)25-17-27-18-26(20(3)4)29(35(32,33)24-13-9-22(6)10-14-24)16-15-28(25)34(30,31)23-11-7-21(5)8-12-23/h7-14,19-20,25-27H,15-18H2,1-6H3/t25-,26-/m1/s1. The molecule has 2 aromatic carbocycles. The number of rotatable bonds is 6. The number of aryl methyl sites for hydroxylation is 2. The maximum Gasteiger partial charge on any atom is 0.243 e. The lowest BCUT2D eigenvalue weighted by Gasteiger charge is -2.35. The largest absolute Gasteiger partial charge is 0.314 e. The van der Waals surface area contributed by atoms with Gasteiger partial charge in [-0.25, -0.2) is 16.8 Å². The summed E-state index contributed by atoms with van der Waals surface area (Å²) < 4.78 is 58.2. The molecule has 9 heteroatoms. The Labute approximate surface area is 211 Å². The fraction of sp³-hybridized carbons (Fsp3) is 0.538. The maximum atomic E-state index is 13.8. The highest BCUT2D eigenvalue weighted by molar-refractivity contribution is 7.89. The van der Waals surface area contributed by atoms with Crippen LogP contribution in [0.25, 0.3) is 0 Å². The second-order valence-electron chi connectivity index (χ2n) is 10.1. The van der Waals surface area contributed by atoms with Crippen LogP contribution in [0, 0.1) is 25.7 Å². The van der Waals surface area contributed by atoms with Crippen LogP contribution in [-0.2, 0) is 20.0 Å². The van der Waals surface area contributed by atoms with Gasteiger partial charge in [0.05, 0.1) is 9.79 Å². The summed E-state index contributed by atoms with van der Waals surface area (Å²) in [5.41, 5.74) is 1.95. The van der Waals surface area contributed by atoms with Crippen molar-refractivity contribution in [1.29, 1.82) is 0 Å². The van der Waals surface area contributed by atoms with Gasteiger partial charge < -0.3 is 5.32 Å². The fourth-order valence-corrected chi connectivity index (χ4v) is 8.03. The Morgan fingerprint density at radius 2 is 0.971 bits per heavy atom. The Morgan fingerprint density at radius 3 is 1.26 bits per heavy atom. The van der Waals surface area contributed by atoms with Gasteiger partial charge in [0.15, 0.2) is 0 Å². The first-order valence-corrected chi connectivity index (χ1v) is 15.1. The van der Waals surface area contributed by atoms with Gasteiger partial charge in [-0.15, -0.1) is 0 Å². The summed E-state index contributed by atoms with van der Waals surface area (Å²) in [5.74, 6) is 0.0842. The molecule has 2 atom stereocenters. The van der Waals surface area contributed by atoms with Crippen molar-refractivity contribution in [2.45, 2.75) is 63.4 Å². The molecule has 1 saturated heterocycles. The first-order chi connectivity index (χ1) is 16.4. The summed E-state index contributed by atoms with van der Waals surface area (Å²) >= 11 is 0. The summed E-state index contributed by atoms with van der Waals surface area (Å²) in [6, 6.07) is 13.0. The summed E-state index contributed by atoms with van der Waals surface area (Å²) in [7, 11) is -7.67. The molecule has 1 heterocycles. The maximum absolute atomic E-state index is 13.8. The minimum Gasteiger partial charge on any atom is -0.314 e. The molecular formula is C26H39N3O4S2. The van der Waals surface area contributed by atoms with Crippen molar-refractivity contribution in [3.63, 3.8) is 0 Å². The molecule has 0 aromatic heterocycles. The molecule has 3 rings (SSSR count). The van der Waals surface area contributed by atoms with E-state index in [0.29, 0.717) is 13.1 Å². The van der Waals surface area contributed by atoms with E-state index in [1.54, 1.807) is 48.5 Å². The molecule has 0 amide bonds. The second-order valence-corrected chi connectivity index (χ2v) is 13.9. The molecule has 0 bridgehead atoms. The smallest absolute Gasteiger partial charge is 0.243 e. The van der Waals surface area contributed by atoms with Crippen molar-refractivity contribution in [3.8, 4) is 0 Å². The van der Waals surface area contributed by atoms with Crippen LogP contribution in [0.15, 0.2) is 58.3 Å². The molecule has 0 spiro atoms. The monoisotopic (exact) mass is 521 g/mol. The topological polar surface area (TPSA) is 86.8 Å². The van der Waals surface area contributed by atoms with E-state index in [1.165, 1.54) is 8.61 Å². The lowest BCUT2D eigenvalue weighted by atomic mass is 10.0. The van der Waals surface area contributed by atoms with E-state index >= 15 is 0 Å². The van der Waals surface area contributed by atoms with Gasteiger partial charge in [0.25, 0.3) is 0 Å². The highest BCUT2D eigenvalue weighted by Gasteiger charge is 2.39. The van der Waals surface area contributed by atoms with E-state index in [4.69, 9.17) is 0 Å². The summed E-state index contributed by atoms with van der Waals surface area (Å²) in [4.78, 5) is 0.447. The number of hydrogen-bond acceptors (Lipinski definition) is 5. The zero-order valence-corrected chi connectivity index (χ0v) is 23.2. The Hall–Kier alpha value is -1.78. The van der Waals surface area contributed by atoms with E-state index in [2.05, 4.69) is 5.32 Å². The van der Waals surface area contributed by atoms with Crippen molar-refractivity contribution in [2.75, 3.05) is 26.2 Å². The van der Waals surface area contributed by atoms with E-state index in [-0.39, 0.29) is 46.8 Å². The molecule has 2 aromatic rings. The Morgan fingerprint density at radius 1 is 0.657 bits per heavy atom. The first-order valence-electron chi connectivity index (χ1n) is 12.2.